The number of methoxy groups -OCH3 is 1. The molecule has 2 aliphatic rings. The molecule has 8 N–H and O–H groups in total. The van der Waals surface area contributed by atoms with Crippen LogP contribution in [0.15, 0.2) is 64.0 Å². The van der Waals surface area contributed by atoms with Crippen LogP contribution >= 0.6 is 68.0 Å². The highest BCUT2D eigenvalue weighted by molar-refractivity contribution is 7.15. The quantitative estimate of drug-likeness (QED) is 0.0310. The molecule has 1 aliphatic heterocycles. The summed E-state index contributed by atoms with van der Waals surface area (Å²) in [6.07, 6.45) is -0.803. The molecule has 1 aromatic carbocycles. The van der Waals surface area contributed by atoms with E-state index in [-0.39, 0.29) is 124 Å². The highest BCUT2D eigenvalue weighted by Gasteiger charge is 2.43. The van der Waals surface area contributed by atoms with Gasteiger partial charge in [-0.15, -0.1) is 68.0 Å². The Bertz CT molecular complexity index is 4270. The molecule has 0 radical (unpaired) electrons. The molecule has 10 rings (SSSR count). The number of aliphatic carboxylic acids is 3. The lowest BCUT2D eigenvalue weighted by Crippen LogP contribution is -2.41. The van der Waals surface area contributed by atoms with Crippen LogP contribution in [0.25, 0.3) is 43.4 Å². The zero-order chi connectivity index (χ0) is 70.7. The molecule has 1 saturated carbocycles. The summed E-state index contributed by atoms with van der Waals surface area (Å²) >= 11 is 7.05. The number of hydrogen-bond donors (Lipinski definition) is 8. The second-order valence-electron chi connectivity index (χ2n) is 24.2. The number of amides is 5. The van der Waals surface area contributed by atoms with E-state index in [1.807, 2.05) is 13.8 Å². The number of fused-ring (bicyclic) bond motifs is 14. The molecule has 522 valence electrons. The summed E-state index contributed by atoms with van der Waals surface area (Å²) in [5.74, 6) is -6.17. The number of carboxylic acid groups (broad SMARTS) is 3. The molecule has 1 unspecified atom stereocenters. The number of rotatable bonds is 21. The van der Waals surface area contributed by atoms with Crippen molar-refractivity contribution in [1.29, 1.82) is 0 Å². The molecule has 0 spiro atoms. The van der Waals surface area contributed by atoms with Crippen LogP contribution in [0.4, 0.5) is 10.6 Å². The molecule has 1 aliphatic carbocycles. The van der Waals surface area contributed by atoms with Crippen molar-refractivity contribution in [2.75, 3.05) is 32.1 Å². The Morgan fingerprint density at radius 2 is 1.38 bits per heavy atom. The van der Waals surface area contributed by atoms with Crippen molar-refractivity contribution in [3.63, 3.8) is 0 Å². The second-order valence-corrected chi connectivity index (χ2v) is 30.0. The van der Waals surface area contributed by atoms with Crippen LogP contribution in [0.2, 0.25) is 0 Å². The number of aryl methyl sites for hydroxylation is 1. The van der Waals surface area contributed by atoms with Crippen LogP contribution < -0.4 is 26.2 Å². The first kappa shape index (κ1) is 73.0. The van der Waals surface area contributed by atoms with Crippen molar-refractivity contribution in [3.8, 4) is 43.4 Å². The van der Waals surface area contributed by atoms with Gasteiger partial charge in [0, 0.05) is 77.8 Å². The maximum absolute atomic E-state index is 14.5. The van der Waals surface area contributed by atoms with Gasteiger partial charge in [0.05, 0.1) is 46.6 Å². The Hall–Kier alpha value is -8.70. The minimum Gasteiger partial charge on any atom is -0.481 e. The predicted molar refractivity (Wildman–Crippen MR) is 372 cm³/mol. The summed E-state index contributed by atoms with van der Waals surface area (Å²) < 4.78 is 11.5. The second kappa shape index (κ2) is 33.0. The normalized spacial score (nSPS) is 18.7. The van der Waals surface area contributed by atoms with Crippen molar-refractivity contribution >= 4 is 127 Å². The maximum atomic E-state index is 14.5. The van der Waals surface area contributed by atoms with Gasteiger partial charge in [-0.05, 0) is 81.9 Å². The zero-order valence-electron chi connectivity index (χ0n) is 54.4. The van der Waals surface area contributed by atoms with E-state index in [0.29, 0.717) is 80.9 Å². The number of pyridine rings is 1. The van der Waals surface area contributed by atoms with Crippen LogP contribution in [-0.4, -0.2) is 142 Å². The lowest BCUT2D eigenvalue weighted by molar-refractivity contribution is -0.153. The fraction of sp³-hybridized carbons (Fsp3) is 0.424. The average Bonchev–Trinajstić information content (AvgIpc) is 1.68. The molecule has 33 heteroatoms. The molecule has 99 heavy (non-hydrogen) atoms. The number of aliphatic hydroxyl groups is 1. The van der Waals surface area contributed by atoms with Crippen molar-refractivity contribution in [1.82, 2.24) is 56.2 Å². The zero-order valence-corrected chi connectivity index (χ0v) is 59.3. The fourth-order valence-electron chi connectivity index (χ4n) is 11.6. The SMILES string of the molecule is CNC(=O)C[C@@H]1NC(=O)c2csc(n2)-c2ccc(-c3nc(N(CCCCC(=O)O)C(=O)OC4CCC(CCCCC(=O)O)(C(=O)O)CC4)cs3)nc2-c2csc(n2)-c2csc(n2)[C@H]([C@@H](O)c2ccccc2)NC(=O)CNC(=O)c2nc(sc2COC)C(C(C)C)CC(=O)c2nc1sc2C. The third-order valence-corrected chi connectivity index (χ3v) is 22.8. The number of carboxylic acids is 3. The lowest BCUT2D eigenvalue weighted by Gasteiger charge is -2.37. The summed E-state index contributed by atoms with van der Waals surface area (Å²) in [4.78, 5) is 156. The minimum atomic E-state index is -1.32. The molecule has 8 heterocycles. The number of nitrogens with zero attached hydrogens (tertiary/aromatic N) is 8. The molecule has 4 atom stereocenters. The van der Waals surface area contributed by atoms with Crippen molar-refractivity contribution in [2.24, 2.45) is 11.3 Å². The molecule has 0 saturated heterocycles. The molecule has 10 bridgehead atoms. The Morgan fingerprint density at radius 1 is 0.707 bits per heavy atom. The predicted octanol–water partition coefficient (Wildman–Crippen LogP) is 11.1. The van der Waals surface area contributed by atoms with Gasteiger partial charge in [0.1, 0.15) is 83.3 Å². The Kier molecular flexibility index (Phi) is 24.3. The first-order valence-corrected chi connectivity index (χ1v) is 37.0. The van der Waals surface area contributed by atoms with Crippen LogP contribution in [0.3, 0.4) is 0 Å². The molecule has 7 aromatic heterocycles. The third-order valence-electron chi connectivity index (χ3n) is 17.0. The number of nitrogens with one attached hydrogen (secondary N) is 4. The lowest BCUT2D eigenvalue weighted by atomic mass is 9.70. The molecular formula is C66H72N12O15S6. The van der Waals surface area contributed by atoms with E-state index in [1.54, 1.807) is 70.9 Å². The Labute approximate surface area is 592 Å². The number of thiazole rings is 6. The van der Waals surface area contributed by atoms with Gasteiger partial charge in [-0.25, -0.2) is 39.7 Å². The smallest absolute Gasteiger partial charge is 0.415 e. The third kappa shape index (κ3) is 17.8. The number of carbonyl (C=O) groups excluding carboxylic acids is 6. The van der Waals surface area contributed by atoms with E-state index in [1.165, 1.54) is 41.7 Å². The number of aromatic nitrogens is 7. The number of anilines is 1. The van der Waals surface area contributed by atoms with Gasteiger partial charge in [0.15, 0.2) is 5.78 Å². The number of carbonyl (C=O) groups is 9. The standard InChI is InChI=1S/C66H72N12O15S6/c1-33(2)38-25-44(79)51-34(3)98-62(76-51)40(26-47(80)67-4)70-56(87)42-30-94-58(72-42)37-17-18-39(60-74-46(32-97-60)78(24-12-10-16-50(84)85)65(91)93-36-19-22-66(23-20-36,64(89)90)21-11-9-15-49(82)83)69-52(37)41-29-95-61(71-41)43-31-96-63(73-43)54(55(86)35-13-7-6-8-14-35)75-48(81)27-68-57(88)53-45(28-92-5)99-59(38)77-53/h6-8,13-14,17-18,29-33,36,38,40,54-55,86H,9-12,15-16,19-28H2,1-5H3,(H,67,80)(H,68,88)(H,70,87)(H,75,81)(H,82,83)(H,84,85)(H,89,90)/t36?,38?,40-,54-,55-,66?/m0/s1. The largest absolute Gasteiger partial charge is 0.481 e. The number of aliphatic hydroxyl groups excluding tert-OH is 1. The van der Waals surface area contributed by atoms with E-state index in [9.17, 15) is 58.5 Å². The summed E-state index contributed by atoms with van der Waals surface area (Å²) in [7, 11) is 2.93. The van der Waals surface area contributed by atoms with Gasteiger partial charge in [-0.3, -0.25) is 43.3 Å². The highest BCUT2D eigenvalue weighted by Crippen LogP contribution is 2.44. The van der Waals surface area contributed by atoms with Crippen molar-refractivity contribution < 1.29 is 73.1 Å². The van der Waals surface area contributed by atoms with E-state index < -0.39 is 89.8 Å². The van der Waals surface area contributed by atoms with Gasteiger partial charge in [-0.1, -0.05) is 50.6 Å². The molecule has 1 fully saturated rings. The van der Waals surface area contributed by atoms with Crippen molar-refractivity contribution in [3.05, 3.63) is 111 Å². The highest BCUT2D eigenvalue weighted by atomic mass is 32.1. The van der Waals surface area contributed by atoms with E-state index in [4.69, 9.17) is 49.5 Å². The minimum absolute atomic E-state index is 0.00506. The van der Waals surface area contributed by atoms with Gasteiger partial charge < -0.3 is 51.2 Å². The number of hydrogen-bond acceptors (Lipinski definition) is 25. The van der Waals surface area contributed by atoms with Crippen LogP contribution in [-0.2, 0) is 40.1 Å². The average molecular weight is 1470 g/mol. The van der Waals surface area contributed by atoms with E-state index in [0.717, 1.165) is 45.3 Å². The van der Waals surface area contributed by atoms with Crippen LogP contribution in [0.5, 0.6) is 0 Å². The number of ether oxygens (including phenoxy) is 2. The van der Waals surface area contributed by atoms with E-state index in [2.05, 4.69) is 21.3 Å². The molecule has 5 amide bonds. The van der Waals surface area contributed by atoms with Crippen molar-refractivity contribution in [2.45, 2.75) is 141 Å². The van der Waals surface area contributed by atoms with Crippen LogP contribution in [0.1, 0.15) is 183 Å². The first-order chi connectivity index (χ1) is 47.5. The number of ketones is 1. The monoisotopic (exact) mass is 1460 g/mol. The molecular weight excluding hydrogens is 1390 g/mol. The van der Waals surface area contributed by atoms with Crippen LogP contribution in [0, 0.1) is 18.3 Å². The van der Waals surface area contributed by atoms with Gasteiger partial charge in [0.2, 0.25) is 11.8 Å². The summed E-state index contributed by atoms with van der Waals surface area (Å²) in [5.41, 5.74) is 1.30. The Morgan fingerprint density at radius 3 is 2.09 bits per heavy atom. The fourth-order valence-corrected chi connectivity index (χ4v) is 17.2. The summed E-state index contributed by atoms with van der Waals surface area (Å²) in [6.45, 7) is 5.09. The Balaban J connectivity index is 1.01. The first-order valence-electron chi connectivity index (χ1n) is 31.8. The van der Waals surface area contributed by atoms with E-state index >= 15 is 0 Å². The van der Waals surface area contributed by atoms with Gasteiger partial charge >= 0.3 is 24.0 Å². The summed E-state index contributed by atoms with van der Waals surface area (Å²) in [6, 6.07) is 9.99. The van der Waals surface area contributed by atoms with Gasteiger partial charge in [0.25, 0.3) is 11.8 Å². The number of benzene rings is 1. The topological polar surface area (TPSA) is 395 Å². The number of Topliss-reactive ketones (excluding diaryl/α,β-unsaturated/α-hetero) is 1. The van der Waals surface area contributed by atoms with Gasteiger partial charge in [-0.2, -0.15) is 0 Å². The number of unbranched alkanes of at least 4 members (excludes halogenated alkanes) is 2. The maximum Gasteiger partial charge on any atom is 0.415 e. The molecule has 8 aromatic rings. The summed E-state index contributed by atoms with van der Waals surface area (Å²) in [5, 5.41) is 60.9. The molecule has 27 nitrogen and oxygen atoms in total.